The molecule has 1 aliphatic heterocycles. The summed E-state index contributed by atoms with van der Waals surface area (Å²) in [4.78, 5) is 26.1. The number of benzene rings is 2. The number of thioether (sulfide) groups is 1. The number of nitrogens with zero attached hydrogens (tertiary/aromatic N) is 3. The largest absolute Gasteiger partial charge is 0.416 e. The molecule has 4 rings (SSSR count). The van der Waals surface area contributed by atoms with Crippen molar-refractivity contribution in [1.82, 2.24) is 19.6 Å². The van der Waals surface area contributed by atoms with E-state index in [1.807, 2.05) is 4.83 Å². The summed E-state index contributed by atoms with van der Waals surface area (Å²) in [5.41, 5.74) is -0.280. The monoisotopic (exact) mass is 514 g/mol. The maximum Gasteiger partial charge on any atom is 0.416 e. The van der Waals surface area contributed by atoms with Crippen LogP contribution in [0.3, 0.4) is 0 Å². The molecule has 0 spiro atoms. The number of sulfonamides is 1. The van der Waals surface area contributed by atoms with E-state index in [0.717, 1.165) is 18.4 Å². The molecule has 2 amide bonds. The lowest BCUT2D eigenvalue weighted by Crippen LogP contribution is -2.44. The Bertz CT molecular complexity index is 1460. The van der Waals surface area contributed by atoms with Crippen molar-refractivity contribution in [2.24, 2.45) is 0 Å². The summed E-state index contributed by atoms with van der Waals surface area (Å²) in [5, 5.41) is 4.23. The maximum absolute atomic E-state index is 13.4. The summed E-state index contributed by atoms with van der Waals surface area (Å²) in [7, 11) is -3.84. The van der Waals surface area contributed by atoms with Gasteiger partial charge in [-0.1, -0.05) is 12.1 Å². The van der Waals surface area contributed by atoms with Crippen LogP contribution in [0.5, 0.6) is 0 Å². The van der Waals surface area contributed by atoms with Gasteiger partial charge in [-0.2, -0.15) is 23.3 Å². The molecule has 1 N–H and O–H groups in total. The molecular formula is C20H14F4N4O4S2. The Hall–Kier alpha value is -3.23. The average Bonchev–Trinajstić information content (AvgIpc) is 3.23. The lowest BCUT2D eigenvalue weighted by molar-refractivity contribution is -0.138. The van der Waals surface area contributed by atoms with Crippen molar-refractivity contribution in [2.75, 3.05) is 6.26 Å². The molecule has 1 fully saturated rings. The predicted molar refractivity (Wildman–Crippen MR) is 116 cm³/mol. The minimum atomic E-state index is -4.73. The van der Waals surface area contributed by atoms with E-state index in [-0.39, 0.29) is 17.0 Å². The Morgan fingerprint density at radius 2 is 1.88 bits per heavy atom. The minimum absolute atomic E-state index is 0.0194. The Morgan fingerprint density at radius 1 is 1.15 bits per heavy atom. The number of hydrazine groups is 1. The van der Waals surface area contributed by atoms with E-state index >= 15 is 0 Å². The normalized spacial score (nSPS) is 16.3. The molecule has 2 aromatic carbocycles. The van der Waals surface area contributed by atoms with E-state index in [9.17, 15) is 35.6 Å². The first kappa shape index (κ1) is 23.9. The van der Waals surface area contributed by atoms with Crippen molar-refractivity contribution in [2.45, 2.75) is 12.7 Å². The van der Waals surface area contributed by atoms with Crippen molar-refractivity contribution in [3.63, 3.8) is 0 Å². The SMILES string of the molecule is CS(=O)(=O)NN1C(=O)S/C(=C\c2ccc3c(cnn3Cc3ccc(F)cc3C(F)(F)F)c2)C1=O. The van der Waals surface area contributed by atoms with E-state index in [4.69, 9.17) is 0 Å². The molecular weight excluding hydrogens is 500 g/mol. The van der Waals surface area contributed by atoms with Crippen LogP contribution in [-0.4, -0.2) is 40.6 Å². The number of fused-ring (bicyclic) bond motifs is 1. The highest BCUT2D eigenvalue weighted by molar-refractivity contribution is 8.18. The van der Waals surface area contributed by atoms with Crippen LogP contribution in [0.4, 0.5) is 22.4 Å². The van der Waals surface area contributed by atoms with Gasteiger partial charge < -0.3 is 0 Å². The molecule has 0 saturated carbocycles. The fourth-order valence-electron chi connectivity index (χ4n) is 3.30. The molecule has 8 nitrogen and oxygen atoms in total. The summed E-state index contributed by atoms with van der Waals surface area (Å²) < 4.78 is 77.3. The smallest absolute Gasteiger partial charge is 0.266 e. The molecule has 1 aliphatic rings. The number of carbonyl (C=O) groups excluding carboxylic acids is 2. The molecule has 34 heavy (non-hydrogen) atoms. The summed E-state index contributed by atoms with van der Waals surface area (Å²) in [6.45, 7) is -0.256. The van der Waals surface area contributed by atoms with Crippen molar-refractivity contribution in [3.05, 3.63) is 70.0 Å². The number of amides is 2. The van der Waals surface area contributed by atoms with Gasteiger partial charge in [0.2, 0.25) is 10.0 Å². The highest BCUT2D eigenvalue weighted by Gasteiger charge is 2.37. The minimum Gasteiger partial charge on any atom is -0.266 e. The Balaban J connectivity index is 1.62. The first-order valence-corrected chi connectivity index (χ1v) is 12.1. The zero-order valence-corrected chi connectivity index (χ0v) is 18.8. The maximum atomic E-state index is 13.4. The predicted octanol–water partition coefficient (Wildman–Crippen LogP) is 3.74. The third kappa shape index (κ3) is 4.98. The van der Waals surface area contributed by atoms with Crippen molar-refractivity contribution in [3.8, 4) is 0 Å². The van der Waals surface area contributed by atoms with Gasteiger partial charge in [0, 0.05) is 5.39 Å². The van der Waals surface area contributed by atoms with Gasteiger partial charge in [0.1, 0.15) is 5.82 Å². The molecule has 0 atom stereocenters. The number of carbonyl (C=O) groups is 2. The molecule has 1 aromatic heterocycles. The quantitative estimate of drug-likeness (QED) is 0.411. The fourth-order valence-corrected chi connectivity index (χ4v) is 4.63. The second-order valence-electron chi connectivity index (χ2n) is 7.30. The number of nitrogens with one attached hydrogen (secondary N) is 1. The van der Waals surface area contributed by atoms with Crippen LogP contribution >= 0.6 is 11.8 Å². The van der Waals surface area contributed by atoms with Gasteiger partial charge in [-0.3, -0.25) is 14.3 Å². The van der Waals surface area contributed by atoms with Gasteiger partial charge in [-0.05, 0) is 53.2 Å². The average molecular weight is 514 g/mol. The fraction of sp³-hybridized carbons (Fsp3) is 0.150. The Morgan fingerprint density at radius 3 is 2.56 bits per heavy atom. The molecule has 0 aliphatic carbocycles. The van der Waals surface area contributed by atoms with Crippen molar-refractivity contribution < 1.29 is 35.6 Å². The van der Waals surface area contributed by atoms with Gasteiger partial charge in [-0.15, -0.1) is 4.83 Å². The van der Waals surface area contributed by atoms with Gasteiger partial charge in [0.25, 0.3) is 5.91 Å². The number of hydrogen-bond donors (Lipinski definition) is 1. The van der Waals surface area contributed by atoms with Crippen LogP contribution < -0.4 is 4.83 Å². The number of hydrogen-bond acceptors (Lipinski definition) is 6. The zero-order valence-electron chi connectivity index (χ0n) is 17.1. The number of rotatable bonds is 5. The van der Waals surface area contributed by atoms with E-state index in [1.165, 1.54) is 17.0 Å². The van der Waals surface area contributed by atoms with E-state index in [0.29, 0.717) is 39.3 Å². The Kier molecular flexibility index (Phi) is 5.99. The van der Waals surface area contributed by atoms with Gasteiger partial charge in [0.15, 0.2) is 0 Å². The molecule has 3 aromatic rings. The summed E-state index contributed by atoms with van der Waals surface area (Å²) in [6, 6.07) is 7.18. The second-order valence-corrected chi connectivity index (χ2v) is 10.0. The number of halogens is 4. The van der Waals surface area contributed by atoms with E-state index in [2.05, 4.69) is 5.10 Å². The molecule has 2 heterocycles. The zero-order chi connectivity index (χ0) is 24.8. The van der Waals surface area contributed by atoms with Crippen LogP contribution in [0, 0.1) is 5.82 Å². The molecule has 14 heteroatoms. The molecule has 0 unspecified atom stereocenters. The Labute approximate surface area is 194 Å². The first-order valence-electron chi connectivity index (χ1n) is 9.38. The molecule has 178 valence electrons. The van der Waals surface area contributed by atoms with Crippen LogP contribution in [0.1, 0.15) is 16.7 Å². The van der Waals surface area contributed by atoms with Gasteiger partial charge in [0.05, 0.1) is 35.0 Å². The third-order valence-corrected chi connectivity index (χ3v) is 6.10. The van der Waals surface area contributed by atoms with Crippen LogP contribution in [-0.2, 0) is 27.5 Å². The van der Waals surface area contributed by atoms with Crippen LogP contribution in [0.2, 0.25) is 0 Å². The number of alkyl halides is 3. The van der Waals surface area contributed by atoms with Crippen molar-refractivity contribution in [1.29, 1.82) is 0 Å². The van der Waals surface area contributed by atoms with E-state index in [1.54, 1.807) is 18.2 Å². The first-order chi connectivity index (χ1) is 15.8. The van der Waals surface area contributed by atoms with Gasteiger partial charge in [-0.25, -0.2) is 12.8 Å². The topological polar surface area (TPSA) is 101 Å². The molecule has 1 saturated heterocycles. The second kappa shape index (κ2) is 8.52. The summed E-state index contributed by atoms with van der Waals surface area (Å²) in [6.07, 6.45) is -1.13. The van der Waals surface area contributed by atoms with E-state index < -0.39 is 38.7 Å². The summed E-state index contributed by atoms with van der Waals surface area (Å²) in [5.74, 6) is -1.84. The number of imide groups is 1. The van der Waals surface area contributed by atoms with Crippen molar-refractivity contribution >= 4 is 49.9 Å². The van der Waals surface area contributed by atoms with Gasteiger partial charge >= 0.3 is 11.4 Å². The van der Waals surface area contributed by atoms with Crippen LogP contribution in [0.15, 0.2) is 47.5 Å². The highest BCUT2D eigenvalue weighted by atomic mass is 32.2. The standard InChI is InChI=1S/C20H14F4N4O4S2/c1-34(31,32)26-28-18(29)17(33-19(28)30)7-11-2-5-16-13(6-11)9-25-27(16)10-12-3-4-14(21)8-15(12)20(22,23)24/h2-9,26H,10H2,1H3/b17-7-. The summed E-state index contributed by atoms with van der Waals surface area (Å²) >= 11 is 0.548. The number of aromatic nitrogens is 2. The molecule has 0 bridgehead atoms. The lowest BCUT2D eigenvalue weighted by atomic mass is 10.1. The molecule has 0 radical (unpaired) electrons. The third-order valence-electron chi connectivity index (χ3n) is 4.71. The highest BCUT2D eigenvalue weighted by Crippen LogP contribution is 2.34. The van der Waals surface area contributed by atoms with Crippen LogP contribution in [0.25, 0.3) is 17.0 Å². The lowest BCUT2D eigenvalue weighted by Gasteiger charge is -2.13.